The van der Waals surface area contributed by atoms with Crippen LogP contribution < -0.4 is 5.32 Å². The highest BCUT2D eigenvalue weighted by atomic mass is 32.2. The number of hydrogen-bond donors (Lipinski definition) is 1. The molecule has 0 aromatic heterocycles. The fourth-order valence-corrected chi connectivity index (χ4v) is 4.38. The van der Waals surface area contributed by atoms with E-state index in [1.165, 1.54) is 63.7 Å². The van der Waals surface area contributed by atoms with Crippen LogP contribution in [-0.4, -0.2) is 23.6 Å². The van der Waals surface area contributed by atoms with Gasteiger partial charge in [0.15, 0.2) is 0 Å². The van der Waals surface area contributed by atoms with Crippen molar-refractivity contribution in [3.05, 3.63) is 0 Å². The van der Waals surface area contributed by atoms with E-state index in [-0.39, 0.29) is 0 Å². The molecule has 2 unspecified atom stereocenters. The molecule has 0 amide bonds. The Balaban J connectivity index is 2.37. The predicted octanol–water partition coefficient (Wildman–Crippen LogP) is 4.86. The molecule has 0 radical (unpaired) electrons. The molecule has 0 saturated heterocycles. The molecule has 0 aromatic rings. The lowest BCUT2D eigenvalue weighted by Gasteiger charge is -2.30. The molecule has 18 heavy (non-hydrogen) atoms. The van der Waals surface area contributed by atoms with Crippen LogP contribution in [0.15, 0.2) is 0 Å². The van der Waals surface area contributed by atoms with Crippen LogP contribution in [0.5, 0.6) is 0 Å². The Morgan fingerprint density at radius 2 is 1.83 bits per heavy atom. The first-order valence-corrected chi connectivity index (χ1v) is 9.14. The summed E-state index contributed by atoms with van der Waals surface area (Å²) in [6.45, 7) is 8.15. The van der Waals surface area contributed by atoms with Crippen LogP contribution in [0.3, 0.4) is 0 Å². The van der Waals surface area contributed by atoms with Crippen molar-refractivity contribution in [2.75, 3.05) is 12.3 Å². The summed E-state index contributed by atoms with van der Waals surface area (Å²) < 4.78 is 0. The largest absolute Gasteiger partial charge is 0.313 e. The SMILES string of the molecule is CCCNC1CCCCCCC1SCCC(C)C. The molecular formula is C16H33NS. The van der Waals surface area contributed by atoms with Gasteiger partial charge in [0.05, 0.1) is 0 Å². The van der Waals surface area contributed by atoms with Gasteiger partial charge in [-0.3, -0.25) is 0 Å². The summed E-state index contributed by atoms with van der Waals surface area (Å²) in [6, 6.07) is 0.780. The van der Waals surface area contributed by atoms with E-state index < -0.39 is 0 Å². The Kier molecular flexibility index (Phi) is 9.22. The van der Waals surface area contributed by atoms with Gasteiger partial charge in [-0.15, -0.1) is 0 Å². The lowest BCUT2D eigenvalue weighted by molar-refractivity contribution is 0.399. The summed E-state index contributed by atoms with van der Waals surface area (Å²) in [5.74, 6) is 2.21. The maximum atomic E-state index is 3.81. The molecule has 1 aliphatic carbocycles. The van der Waals surface area contributed by atoms with Gasteiger partial charge in [0.25, 0.3) is 0 Å². The number of nitrogens with one attached hydrogen (secondary N) is 1. The van der Waals surface area contributed by atoms with Crippen LogP contribution in [0.2, 0.25) is 0 Å². The molecule has 2 heteroatoms. The normalized spacial score (nSPS) is 26.0. The third kappa shape index (κ3) is 7.04. The second kappa shape index (κ2) is 10.1. The molecule has 0 aromatic carbocycles. The van der Waals surface area contributed by atoms with Crippen LogP contribution >= 0.6 is 11.8 Å². The van der Waals surface area contributed by atoms with Gasteiger partial charge in [-0.05, 0) is 43.9 Å². The Hall–Kier alpha value is 0.310. The van der Waals surface area contributed by atoms with E-state index >= 15 is 0 Å². The Morgan fingerprint density at radius 3 is 2.50 bits per heavy atom. The summed E-state index contributed by atoms with van der Waals surface area (Å²) in [4.78, 5) is 0. The van der Waals surface area contributed by atoms with Crippen molar-refractivity contribution in [2.45, 2.75) is 83.4 Å². The van der Waals surface area contributed by atoms with Gasteiger partial charge < -0.3 is 5.32 Å². The van der Waals surface area contributed by atoms with Gasteiger partial charge in [0, 0.05) is 11.3 Å². The smallest absolute Gasteiger partial charge is 0.0201 e. The minimum absolute atomic E-state index is 0.780. The van der Waals surface area contributed by atoms with Crippen molar-refractivity contribution in [2.24, 2.45) is 5.92 Å². The first-order chi connectivity index (χ1) is 8.74. The van der Waals surface area contributed by atoms with Crippen LogP contribution in [0.25, 0.3) is 0 Å². The lowest BCUT2D eigenvalue weighted by atomic mass is 9.96. The van der Waals surface area contributed by atoms with Crippen molar-refractivity contribution in [1.29, 1.82) is 0 Å². The molecule has 0 heterocycles. The van der Waals surface area contributed by atoms with Gasteiger partial charge in [-0.2, -0.15) is 11.8 Å². The summed E-state index contributed by atoms with van der Waals surface area (Å²) in [7, 11) is 0. The summed E-state index contributed by atoms with van der Waals surface area (Å²) in [5.41, 5.74) is 0. The minimum atomic E-state index is 0.780. The van der Waals surface area contributed by atoms with E-state index in [9.17, 15) is 0 Å². The van der Waals surface area contributed by atoms with Crippen LogP contribution in [0.4, 0.5) is 0 Å². The van der Waals surface area contributed by atoms with Gasteiger partial charge in [-0.1, -0.05) is 46.5 Å². The van der Waals surface area contributed by atoms with Crippen LogP contribution in [0.1, 0.15) is 72.1 Å². The number of thioether (sulfide) groups is 1. The van der Waals surface area contributed by atoms with Crippen molar-refractivity contribution in [3.8, 4) is 0 Å². The monoisotopic (exact) mass is 271 g/mol. The zero-order valence-electron chi connectivity index (χ0n) is 12.7. The molecule has 0 spiro atoms. The van der Waals surface area contributed by atoms with E-state index in [4.69, 9.17) is 0 Å². The van der Waals surface area contributed by atoms with Crippen molar-refractivity contribution in [3.63, 3.8) is 0 Å². The molecule has 1 fully saturated rings. The van der Waals surface area contributed by atoms with Crippen molar-refractivity contribution in [1.82, 2.24) is 5.32 Å². The zero-order chi connectivity index (χ0) is 13.2. The van der Waals surface area contributed by atoms with E-state index in [1.807, 2.05) is 0 Å². The van der Waals surface area contributed by atoms with Crippen LogP contribution in [-0.2, 0) is 0 Å². The maximum Gasteiger partial charge on any atom is 0.0201 e. The van der Waals surface area contributed by atoms with Crippen molar-refractivity contribution < 1.29 is 0 Å². The quantitative estimate of drug-likeness (QED) is 0.710. The Morgan fingerprint density at radius 1 is 1.11 bits per heavy atom. The average molecular weight is 272 g/mol. The molecule has 108 valence electrons. The third-order valence-corrected chi connectivity index (χ3v) is 5.35. The fourth-order valence-electron chi connectivity index (χ4n) is 2.67. The molecule has 1 saturated carbocycles. The summed E-state index contributed by atoms with van der Waals surface area (Å²) >= 11 is 2.24. The van der Waals surface area contributed by atoms with Crippen LogP contribution in [0, 0.1) is 5.92 Å². The molecule has 0 aliphatic heterocycles. The number of rotatable bonds is 7. The Labute approximate surface area is 119 Å². The molecular weight excluding hydrogens is 238 g/mol. The minimum Gasteiger partial charge on any atom is -0.313 e. The topological polar surface area (TPSA) is 12.0 Å². The highest BCUT2D eigenvalue weighted by Gasteiger charge is 2.22. The highest BCUT2D eigenvalue weighted by Crippen LogP contribution is 2.28. The molecule has 1 nitrogen and oxygen atoms in total. The Bertz CT molecular complexity index is 192. The molecule has 1 rings (SSSR count). The van der Waals surface area contributed by atoms with Gasteiger partial charge in [-0.25, -0.2) is 0 Å². The van der Waals surface area contributed by atoms with E-state index in [0.717, 1.165) is 17.2 Å². The molecule has 0 bridgehead atoms. The van der Waals surface area contributed by atoms with E-state index in [1.54, 1.807) is 0 Å². The first kappa shape index (κ1) is 16.4. The summed E-state index contributed by atoms with van der Waals surface area (Å²) in [5, 5.41) is 4.68. The third-order valence-electron chi connectivity index (χ3n) is 3.89. The zero-order valence-corrected chi connectivity index (χ0v) is 13.5. The average Bonchev–Trinajstić information content (AvgIpc) is 2.31. The standard InChI is InChI=1S/C16H33NS/c1-4-12-17-15-9-7-5-6-8-10-16(15)18-13-11-14(2)3/h14-17H,4-13H2,1-3H3. The van der Waals surface area contributed by atoms with Gasteiger partial charge >= 0.3 is 0 Å². The molecule has 1 N–H and O–H groups in total. The first-order valence-electron chi connectivity index (χ1n) is 8.09. The van der Waals surface area contributed by atoms with Gasteiger partial charge in [0.1, 0.15) is 0 Å². The number of hydrogen-bond acceptors (Lipinski definition) is 2. The second-order valence-electron chi connectivity index (χ2n) is 6.14. The fraction of sp³-hybridized carbons (Fsp3) is 1.00. The van der Waals surface area contributed by atoms with Gasteiger partial charge in [0.2, 0.25) is 0 Å². The van der Waals surface area contributed by atoms with E-state index in [2.05, 4.69) is 37.8 Å². The predicted molar refractivity (Wildman–Crippen MR) is 85.5 cm³/mol. The molecule has 1 aliphatic rings. The maximum absolute atomic E-state index is 3.81. The lowest BCUT2D eigenvalue weighted by Crippen LogP contribution is -2.39. The summed E-state index contributed by atoms with van der Waals surface area (Å²) in [6.07, 6.45) is 11.3. The van der Waals surface area contributed by atoms with E-state index in [0.29, 0.717) is 0 Å². The second-order valence-corrected chi connectivity index (χ2v) is 7.49. The highest BCUT2D eigenvalue weighted by molar-refractivity contribution is 7.99. The van der Waals surface area contributed by atoms with Crippen molar-refractivity contribution >= 4 is 11.8 Å². The molecule has 2 atom stereocenters.